The summed E-state index contributed by atoms with van der Waals surface area (Å²) in [5.74, 6) is 0. The van der Waals surface area contributed by atoms with Gasteiger partial charge < -0.3 is 4.74 Å². The van der Waals surface area contributed by atoms with Crippen LogP contribution in [0.3, 0.4) is 0 Å². The average Bonchev–Trinajstić information content (AvgIpc) is 2.41. The number of ether oxygens (including phenoxy) is 1. The van der Waals surface area contributed by atoms with Gasteiger partial charge in [-0.05, 0) is 25.7 Å². The predicted octanol–water partition coefficient (Wildman–Crippen LogP) is 1.86. The molecule has 0 bridgehead atoms. The smallest absolute Gasteiger partial charge is 0.0621 e. The first-order valence-electron chi connectivity index (χ1n) is 3.92. The molecule has 2 heteroatoms. The van der Waals surface area contributed by atoms with Crippen LogP contribution in [0.25, 0.3) is 0 Å². The van der Waals surface area contributed by atoms with Crippen LogP contribution >= 0.6 is 0 Å². The van der Waals surface area contributed by atoms with E-state index in [4.69, 9.17) is 10.00 Å². The van der Waals surface area contributed by atoms with Gasteiger partial charge in [-0.2, -0.15) is 5.26 Å². The first-order valence-corrected chi connectivity index (χ1v) is 3.92. The Morgan fingerprint density at radius 2 is 2.50 bits per heavy atom. The Hall–Kier alpha value is -0.550. The topological polar surface area (TPSA) is 33.0 Å². The summed E-state index contributed by atoms with van der Waals surface area (Å²) in [5.41, 5.74) is 0. The Morgan fingerprint density at radius 3 is 3.10 bits per heavy atom. The van der Waals surface area contributed by atoms with Crippen LogP contribution in [0.15, 0.2) is 0 Å². The monoisotopic (exact) mass is 139 g/mol. The van der Waals surface area contributed by atoms with Crippen LogP contribution in [0.4, 0.5) is 0 Å². The molecule has 1 aliphatic rings. The summed E-state index contributed by atoms with van der Waals surface area (Å²) in [4.78, 5) is 0. The average molecular weight is 139 g/mol. The van der Waals surface area contributed by atoms with Crippen molar-refractivity contribution in [3.8, 4) is 6.07 Å². The summed E-state index contributed by atoms with van der Waals surface area (Å²) in [6, 6.07) is 2.14. The third-order valence-electron chi connectivity index (χ3n) is 1.84. The van der Waals surface area contributed by atoms with Crippen LogP contribution in [0, 0.1) is 11.3 Å². The molecule has 0 aliphatic carbocycles. The van der Waals surface area contributed by atoms with Gasteiger partial charge in [-0.1, -0.05) is 0 Å². The molecular formula is C8H13NO. The van der Waals surface area contributed by atoms with Crippen molar-refractivity contribution >= 4 is 0 Å². The molecule has 0 radical (unpaired) electrons. The molecule has 0 amide bonds. The van der Waals surface area contributed by atoms with E-state index in [0.717, 1.165) is 19.4 Å². The van der Waals surface area contributed by atoms with Crippen molar-refractivity contribution in [3.05, 3.63) is 0 Å². The van der Waals surface area contributed by atoms with Gasteiger partial charge in [-0.15, -0.1) is 0 Å². The van der Waals surface area contributed by atoms with E-state index in [1.807, 2.05) is 0 Å². The molecular weight excluding hydrogens is 126 g/mol. The lowest BCUT2D eigenvalue weighted by Crippen LogP contribution is -2.03. The zero-order valence-corrected chi connectivity index (χ0v) is 6.18. The highest BCUT2D eigenvalue weighted by Gasteiger charge is 2.13. The number of unbranched alkanes of at least 4 members (excludes halogenated alkanes) is 1. The van der Waals surface area contributed by atoms with Gasteiger partial charge in [0.2, 0.25) is 0 Å². The fraction of sp³-hybridized carbons (Fsp3) is 0.875. The molecule has 10 heavy (non-hydrogen) atoms. The summed E-state index contributed by atoms with van der Waals surface area (Å²) >= 11 is 0. The lowest BCUT2D eigenvalue weighted by Gasteiger charge is -2.05. The molecule has 0 spiro atoms. The second kappa shape index (κ2) is 4.29. The van der Waals surface area contributed by atoms with Gasteiger partial charge in [0.25, 0.3) is 0 Å². The normalized spacial score (nSPS) is 24.5. The number of hydrogen-bond acceptors (Lipinski definition) is 2. The number of hydrogen-bond donors (Lipinski definition) is 0. The van der Waals surface area contributed by atoms with Crippen molar-refractivity contribution in [1.82, 2.24) is 0 Å². The van der Waals surface area contributed by atoms with E-state index in [0.29, 0.717) is 12.5 Å². The standard InChI is InChI=1S/C8H13NO/c9-6-2-1-4-8-5-3-7-10-8/h8H,1-5,7H2. The van der Waals surface area contributed by atoms with E-state index >= 15 is 0 Å². The molecule has 1 heterocycles. The molecule has 0 aromatic carbocycles. The first-order chi connectivity index (χ1) is 4.93. The van der Waals surface area contributed by atoms with E-state index in [1.54, 1.807) is 0 Å². The van der Waals surface area contributed by atoms with Crippen LogP contribution in [-0.4, -0.2) is 12.7 Å². The van der Waals surface area contributed by atoms with E-state index in [-0.39, 0.29) is 0 Å². The summed E-state index contributed by atoms with van der Waals surface area (Å²) in [6.45, 7) is 0.928. The van der Waals surface area contributed by atoms with Crippen LogP contribution in [0.5, 0.6) is 0 Å². The lowest BCUT2D eigenvalue weighted by molar-refractivity contribution is 0.103. The number of rotatable bonds is 3. The molecule has 1 fully saturated rings. The van der Waals surface area contributed by atoms with Gasteiger partial charge in [0.05, 0.1) is 12.2 Å². The second-order valence-corrected chi connectivity index (χ2v) is 2.69. The third kappa shape index (κ3) is 2.36. The molecule has 1 unspecified atom stereocenters. The first kappa shape index (κ1) is 7.56. The maximum absolute atomic E-state index is 8.25. The molecule has 2 nitrogen and oxygen atoms in total. The predicted molar refractivity (Wildman–Crippen MR) is 38.4 cm³/mol. The minimum absolute atomic E-state index is 0.466. The van der Waals surface area contributed by atoms with Crippen molar-refractivity contribution in [2.75, 3.05) is 6.61 Å². The Morgan fingerprint density at radius 1 is 1.60 bits per heavy atom. The van der Waals surface area contributed by atoms with Crippen molar-refractivity contribution in [2.24, 2.45) is 0 Å². The summed E-state index contributed by atoms with van der Waals surface area (Å²) < 4.78 is 5.39. The van der Waals surface area contributed by atoms with Crippen molar-refractivity contribution in [2.45, 2.75) is 38.2 Å². The highest BCUT2D eigenvalue weighted by atomic mass is 16.5. The van der Waals surface area contributed by atoms with E-state index in [1.165, 1.54) is 12.8 Å². The van der Waals surface area contributed by atoms with E-state index < -0.39 is 0 Å². The highest BCUT2D eigenvalue weighted by molar-refractivity contribution is 4.71. The Balaban J connectivity index is 1.97. The highest BCUT2D eigenvalue weighted by Crippen LogP contribution is 2.17. The van der Waals surface area contributed by atoms with Crippen LogP contribution in [-0.2, 0) is 4.74 Å². The molecule has 0 aromatic rings. The lowest BCUT2D eigenvalue weighted by atomic mass is 10.1. The third-order valence-corrected chi connectivity index (χ3v) is 1.84. The Labute approximate surface area is 61.8 Å². The molecule has 1 saturated heterocycles. The number of nitrogens with zero attached hydrogens (tertiary/aromatic N) is 1. The molecule has 0 N–H and O–H groups in total. The SMILES string of the molecule is N#CCCCC1CCCO1. The maximum Gasteiger partial charge on any atom is 0.0621 e. The van der Waals surface area contributed by atoms with E-state index in [9.17, 15) is 0 Å². The molecule has 1 atom stereocenters. The zero-order valence-electron chi connectivity index (χ0n) is 6.18. The van der Waals surface area contributed by atoms with Gasteiger partial charge in [0, 0.05) is 13.0 Å². The molecule has 0 aromatic heterocycles. The summed E-state index contributed by atoms with van der Waals surface area (Å²) in [7, 11) is 0. The quantitative estimate of drug-likeness (QED) is 0.559. The van der Waals surface area contributed by atoms with Gasteiger partial charge in [-0.25, -0.2) is 0 Å². The molecule has 1 rings (SSSR count). The van der Waals surface area contributed by atoms with Crippen LogP contribution < -0.4 is 0 Å². The summed E-state index contributed by atoms with van der Waals surface area (Å²) in [5, 5.41) is 8.25. The van der Waals surface area contributed by atoms with Gasteiger partial charge in [0.1, 0.15) is 0 Å². The van der Waals surface area contributed by atoms with Crippen LogP contribution in [0.1, 0.15) is 32.1 Å². The van der Waals surface area contributed by atoms with Gasteiger partial charge in [0.15, 0.2) is 0 Å². The molecule has 56 valence electrons. The Kier molecular flexibility index (Phi) is 3.25. The van der Waals surface area contributed by atoms with Gasteiger partial charge >= 0.3 is 0 Å². The van der Waals surface area contributed by atoms with E-state index in [2.05, 4.69) is 6.07 Å². The van der Waals surface area contributed by atoms with Crippen molar-refractivity contribution in [3.63, 3.8) is 0 Å². The van der Waals surface area contributed by atoms with Crippen molar-refractivity contribution in [1.29, 1.82) is 5.26 Å². The maximum atomic E-state index is 8.25. The van der Waals surface area contributed by atoms with Crippen molar-refractivity contribution < 1.29 is 4.74 Å². The zero-order chi connectivity index (χ0) is 7.23. The molecule has 0 saturated carbocycles. The van der Waals surface area contributed by atoms with Crippen LogP contribution in [0.2, 0.25) is 0 Å². The minimum atomic E-state index is 0.466. The summed E-state index contributed by atoms with van der Waals surface area (Å²) in [6.07, 6.45) is 5.63. The van der Waals surface area contributed by atoms with Gasteiger partial charge in [-0.3, -0.25) is 0 Å². The largest absolute Gasteiger partial charge is 0.378 e. The molecule has 1 aliphatic heterocycles. The minimum Gasteiger partial charge on any atom is -0.378 e. The second-order valence-electron chi connectivity index (χ2n) is 2.69. The fourth-order valence-electron chi connectivity index (χ4n) is 1.28. The fourth-order valence-corrected chi connectivity index (χ4v) is 1.28. The number of nitriles is 1. The Bertz CT molecular complexity index is 122.